The van der Waals surface area contributed by atoms with E-state index in [9.17, 15) is 4.79 Å². The molecule has 2 aromatic rings. The van der Waals surface area contributed by atoms with Crippen molar-refractivity contribution >= 4 is 12.4 Å². The summed E-state index contributed by atoms with van der Waals surface area (Å²) in [4.78, 5) is 21.6. The van der Waals surface area contributed by atoms with E-state index in [1.807, 2.05) is 37.4 Å². The van der Waals surface area contributed by atoms with Crippen LogP contribution >= 0.6 is 0 Å². The van der Waals surface area contributed by atoms with E-state index in [1.165, 1.54) is 0 Å². The number of ether oxygens (including phenoxy) is 1. The van der Waals surface area contributed by atoms with Crippen LogP contribution in [0.2, 0.25) is 0 Å². The summed E-state index contributed by atoms with van der Waals surface area (Å²) < 4.78 is 5.24. The van der Waals surface area contributed by atoms with Crippen molar-refractivity contribution in [3.63, 3.8) is 0 Å². The van der Waals surface area contributed by atoms with Crippen LogP contribution in [-0.4, -0.2) is 52.3 Å². The summed E-state index contributed by atoms with van der Waals surface area (Å²) in [5, 5.41) is 14.3. The van der Waals surface area contributed by atoms with Crippen molar-refractivity contribution in [1.29, 1.82) is 0 Å². The minimum absolute atomic E-state index is 0.0269. The third-order valence-electron chi connectivity index (χ3n) is 3.62. The lowest BCUT2D eigenvalue weighted by atomic mass is 10.1. The number of hydrogen-bond acceptors (Lipinski definition) is 5. The number of carbonyl (C=O) groups is 2. The summed E-state index contributed by atoms with van der Waals surface area (Å²) in [5.74, 6) is -0.0821. The van der Waals surface area contributed by atoms with Crippen molar-refractivity contribution in [2.75, 3.05) is 13.6 Å². The fourth-order valence-electron chi connectivity index (χ4n) is 2.61. The molecule has 1 aromatic heterocycles. The highest BCUT2D eigenvalue weighted by atomic mass is 16.5. The standard InChI is InChI=1S/C16H19N3O2.CH2O2/c1-19(11-14-7-8-16(20)21-14)10-13-9-15(18-17-13)12-5-3-2-4-6-12;2-1-3/h2-6,9,14H,7-8,10-11H2,1H3,(H,17,18);1H,(H,2,3). The van der Waals surface area contributed by atoms with Gasteiger partial charge in [0.15, 0.2) is 0 Å². The highest BCUT2D eigenvalue weighted by Crippen LogP contribution is 2.18. The fraction of sp³-hybridized carbons (Fsp3) is 0.353. The largest absolute Gasteiger partial charge is 0.483 e. The second-order valence-electron chi connectivity index (χ2n) is 5.60. The Morgan fingerprint density at radius 3 is 2.75 bits per heavy atom. The summed E-state index contributed by atoms with van der Waals surface area (Å²) in [5.41, 5.74) is 3.11. The van der Waals surface area contributed by atoms with Crippen LogP contribution in [0.4, 0.5) is 0 Å². The summed E-state index contributed by atoms with van der Waals surface area (Å²) in [6.45, 7) is 1.26. The summed E-state index contributed by atoms with van der Waals surface area (Å²) in [6.07, 6.45) is 1.39. The number of H-pyrrole nitrogens is 1. The van der Waals surface area contributed by atoms with E-state index in [2.05, 4.69) is 21.2 Å². The van der Waals surface area contributed by atoms with Crippen LogP contribution in [0.3, 0.4) is 0 Å². The van der Waals surface area contributed by atoms with Crippen LogP contribution in [0.5, 0.6) is 0 Å². The topological polar surface area (TPSA) is 95.5 Å². The Morgan fingerprint density at radius 1 is 1.42 bits per heavy atom. The van der Waals surface area contributed by atoms with Crippen molar-refractivity contribution in [2.24, 2.45) is 0 Å². The molecule has 7 heteroatoms. The van der Waals surface area contributed by atoms with Crippen LogP contribution < -0.4 is 0 Å². The molecule has 1 aromatic carbocycles. The molecule has 128 valence electrons. The van der Waals surface area contributed by atoms with Gasteiger partial charge in [-0.15, -0.1) is 0 Å². The third-order valence-corrected chi connectivity index (χ3v) is 3.62. The molecule has 3 rings (SSSR count). The number of likely N-dealkylation sites (N-methyl/N-ethyl adjacent to an activating group) is 1. The van der Waals surface area contributed by atoms with Gasteiger partial charge in [-0.05, 0) is 19.5 Å². The zero-order valence-corrected chi connectivity index (χ0v) is 13.5. The average molecular weight is 331 g/mol. The van der Waals surface area contributed by atoms with Crippen LogP contribution in [0.15, 0.2) is 36.4 Å². The lowest BCUT2D eigenvalue weighted by Crippen LogP contribution is -2.28. The van der Waals surface area contributed by atoms with E-state index in [4.69, 9.17) is 14.6 Å². The molecule has 1 aliphatic heterocycles. The van der Waals surface area contributed by atoms with E-state index in [0.717, 1.165) is 36.5 Å². The lowest BCUT2D eigenvalue weighted by Gasteiger charge is -2.19. The van der Waals surface area contributed by atoms with Crippen molar-refractivity contribution < 1.29 is 19.4 Å². The zero-order valence-electron chi connectivity index (χ0n) is 13.5. The highest BCUT2D eigenvalue weighted by Gasteiger charge is 2.24. The van der Waals surface area contributed by atoms with Gasteiger partial charge in [-0.2, -0.15) is 5.10 Å². The average Bonchev–Trinajstić information content (AvgIpc) is 3.18. The molecule has 0 aliphatic carbocycles. The van der Waals surface area contributed by atoms with E-state index in [0.29, 0.717) is 6.42 Å². The summed E-state index contributed by atoms with van der Waals surface area (Å²) in [6, 6.07) is 12.2. The molecule has 0 amide bonds. The summed E-state index contributed by atoms with van der Waals surface area (Å²) >= 11 is 0. The Labute approximate surface area is 140 Å². The van der Waals surface area contributed by atoms with Crippen LogP contribution in [-0.2, 0) is 20.9 Å². The molecule has 0 bridgehead atoms. The van der Waals surface area contributed by atoms with E-state index >= 15 is 0 Å². The van der Waals surface area contributed by atoms with Gasteiger partial charge in [0.2, 0.25) is 0 Å². The predicted octanol–water partition coefficient (Wildman–Crippen LogP) is 1.91. The van der Waals surface area contributed by atoms with Gasteiger partial charge >= 0.3 is 5.97 Å². The zero-order chi connectivity index (χ0) is 17.4. The van der Waals surface area contributed by atoms with Gasteiger partial charge in [0.1, 0.15) is 6.10 Å². The molecule has 0 saturated carbocycles. The van der Waals surface area contributed by atoms with Gasteiger partial charge in [-0.3, -0.25) is 19.6 Å². The number of carboxylic acid groups (broad SMARTS) is 1. The number of benzene rings is 1. The first kappa shape index (κ1) is 17.7. The molecule has 1 fully saturated rings. The first-order valence-electron chi connectivity index (χ1n) is 7.68. The number of nitrogens with zero attached hydrogens (tertiary/aromatic N) is 2. The van der Waals surface area contributed by atoms with Crippen molar-refractivity contribution in [3.05, 3.63) is 42.1 Å². The van der Waals surface area contributed by atoms with Gasteiger partial charge in [0.05, 0.1) is 5.69 Å². The van der Waals surface area contributed by atoms with E-state index < -0.39 is 0 Å². The molecule has 1 saturated heterocycles. The van der Waals surface area contributed by atoms with Crippen molar-refractivity contribution in [2.45, 2.75) is 25.5 Å². The van der Waals surface area contributed by atoms with E-state index in [1.54, 1.807) is 0 Å². The minimum Gasteiger partial charge on any atom is -0.483 e. The molecule has 0 radical (unpaired) electrons. The SMILES string of the molecule is CN(Cc1cc(-c2ccccc2)n[nH]1)CC1CCC(=O)O1.O=CO. The van der Waals surface area contributed by atoms with Crippen LogP contribution in [0.25, 0.3) is 11.3 Å². The van der Waals surface area contributed by atoms with Crippen LogP contribution in [0.1, 0.15) is 18.5 Å². The molecule has 7 nitrogen and oxygen atoms in total. The van der Waals surface area contributed by atoms with E-state index in [-0.39, 0.29) is 18.5 Å². The fourth-order valence-corrected chi connectivity index (χ4v) is 2.61. The second-order valence-corrected chi connectivity index (χ2v) is 5.60. The number of hydrogen-bond donors (Lipinski definition) is 2. The van der Waals surface area contributed by atoms with Crippen molar-refractivity contribution in [3.8, 4) is 11.3 Å². The lowest BCUT2D eigenvalue weighted by molar-refractivity contribution is -0.141. The summed E-state index contributed by atoms with van der Waals surface area (Å²) in [7, 11) is 2.02. The smallest absolute Gasteiger partial charge is 0.306 e. The Bertz CT molecular complexity index is 657. The Morgan fingerprint density at radius 2 is 2.12 bits per heavy atom. The monoisotopic (exact) mass is 331 g/mol. The Kier molecular flexibility index (Phi) is 6.51. The van der Waals surface area contributed by atoms with Gasteiger partial charge < -0.3 is 9.84 Å². The number of esters is 1. The predicted molar refractivity (Wildman–Crippen MR) is 88.2 cm³/mol. The molecular formula is C17H21N3O4. The van der Waals surface area contributed by atoms with Gasteiger partial charge in [0.25, 0.3) is 6.47 Å². The maximum absolute atomic E-state index is 11.1. The molecule has 2 heterocycles. The van der Waals surface area contributed by atoms with Gasteiger partial charge in [-0.25, -0.2) is 0 Å². The first-order valence-corrected chi connectivity index (χ1v) is 7.68. The second kappa shape index (κ2) is 8.83. The normalized spacial score (nSPS) is 16.4. The minimum atomic E-state index is -0.250. The van der Waals surface area contributed by atoms with Gasteiger partial charge in [0, 0.05) is 30.8 Å². The third kappa shape index (κ3) is 5.20. The number of nitrogens with one attached hydrogen (secondary N) is 1. The number of cyclic esters (lactones) is 1. The maximum Gasteiger partial charge on any atom is 0.306 e. The maximum atomic E-state index is 11.1. The molecule has 0 spiro atoms. The van der Waals surface area contributed by atoms with Crippen molar-refractivity contribution in [1.82, 2.24) is 15.1 Å². The number of carbonyl (C=O) groups excluding carboxylic acids is 1. The number of aromatic amines is 1. The molecule has 24 heavy (non-hydrogen) atoms. The quantitative estimate of drug-likeness (QED) is 0.642. The van der Waals surface area contributed by atoms with Gasteiger partial charge in [-0.1, -0.05) is 30.3 Å². The molecule has 1 atom stereocenters. The number of rotatable bonds is 5. The Balaban J connectivity index is 0.000000647. The molecule has 1 aliphatic rings. The molecular weight excluding hydrogens is 310 g/mol. The number of aromatic nitrogens is 2. The highest BCUT2D eigenvalue weighted by molar-refractivity contribution is 5.71. The first-order chi connectivity index (χ1) is 11.6. The molecule has 2 N–H and O–H groups in total. The Hall–Kier alpha value is -2.67. The van der Waals surface area contributed by atoms with Crippen LogP contribution in [0, 0.1) is 0 Å². The molecule has 1 unspecified atom stereocenters.